The second kappa shape index (κ2) is 5.87. The molecule has 6 heteroatoms. The van der Waals surface area contributed by atoms with Gasteiger partial charge in [0.1, 0.15) is 5.75 Å². The van der Waals surface area contributed by atoms with E-state index < -0.39 is 0 Å². The van der Waals surface area contributed by atoms with Crippen molar-refractivity contribution in [1.82, 2.24) is 15.1 Å². The molecule has 2 rings (SSSR count). The van der Waals surface area contributed by atoms with Crippen LogP contribution in [0.25, 0.3) is 0 Å². The molecule has 3 N–H and O–H groups in total. The van der Waals surface area contributed by atoms with Crippen LogP contribution >= 0.6 is 0 Å². The van der Waals surface area contributed by atoms with Crippen LogP contribution in [0.2, 0.25) is 0 Å². The van der Waals surface area contributed by atoms with Crippen molar-refractivity contribution in [2.45, 2.75) is 19.9 Å². The van der Waals surface area contributed by atoms with Crippen LogP contribution in [0.4, 0.5) is 5.69 Å². The average molecular weight is 288 g/mol. The van der Waals surface area contributed by atoms with Crippen molar-refractivity contribution in [3.63, 3.8) is 0 Å². The lowest BCUT2D eigenvalue weighted by molar-refractivity contribution is 0.0940. The molecule has 1 aromatic heterocycles. The molecular weight excluding hydrogens is 268 g/mol. The second-order valence-corrected chi connectivity index (χ2v) is 4.96. The number of nitrogen functional groups attached to an aromatic ring is 1. The third-order valence-corrected chi connectivity index (χ3v) is 3.59. The molecule has 0 saturated carbocycles. The van der Waals surface area contributed by atoms with Crippen molar-refractivity contribution in [3.8, 4) is 5.75 Å². The van der Waals surface area contributed by atoms with E-state index in [1.54, 1.807) is 36.2 Å². The summed E-state index contributed by atoms with van der Waals surface area (Å²) < 4.78 is 6.90. The van der Waals surface area contributed by atoms with E-state index in [-0.39, 0.29) is 11.9 Å². The lowest BCUT2D eigenvalue weighted by Gasteiger charge is -2.15. The Bertz CT molecular complexity index is 664. The van der Waals surface area contributed by atoms with Gasteiger partial charge in [0, 0.05) is 24.0 Å². The molecule has 0 aliphatic rings. The molecule has 0 bridgehead atoms. The van der Waals surface area contributed by atoms with Gasteiger partial charge in [-0.05, 0) is 32.0 Å². The summed E-state index contributed by atoms with van der Waals surface area (Å²) in [5, 5.41) is 7.11. The first-order valence-electron chi connectivity index (χ1n) is 6.67. The molecule has 112 valence electrons. The molecule has 0 spiro atoms. The third-order valence-electron chi connectivity index (χ3n) is 3.59. The zero-order valence-electron chi connectivity index (χ0n) is 12.7. The van der Waals surface area contributed by atoms with E-state index in [9.17, 15) is 4.79 Å². The number of nitrogens with two attached hydrogens (primary N) is 1. The Morgan fingerprint density at radius 2 is 2.19 bits per heavy atom. The molecule has 0 aliphatic carbocycles. The van der Waals surface area contributed by atoms with Crippen molar-refractivity contribution in [2.75, 3.05) is 12.8 Å². The number of hydrogen-bond acceptors (Lipinski definition) is 4. The Hall–Kier alpha value is -2.50. The van der Waals surface area contributed by atoms with Crippen LogP contribution in [-0.4, -0.2) is 22.8 Å². The Balaban J connectivity index is 2.20. The number of methoxy groups -OCH3 is 1. The third kappa shape index (κ3) is 2.99. The van der Waals surface area contributed by atoms with Gasteiger partial charge in [0.05, 0.1) is 24.9 Å². The number of benzene rings is 1. The number of nitrogens with one attached hydrogen (secondary N) is 1. The highest BCUT2D eigenvalue weighted by Crippen LogP contribution is 2.21. The molecule has 0 radical (unpaired) electrons. The lowest BCUT2D eigenvalue weighted by atomic mass is 10.1. The molecule has 1 heterocycles. The Morgan fingerprint density at radius 1 is 1.48 bits per heavy atom. The standard InChI is InChI=1S/C15H20N4O2/c1-9(13-8-17-19(3)10(13)2)18-15(20)12-7-11(21-4)5-6-14(12)16/h5-9H,16H2,1-4H3,(H,18,20). The van der Waals surface area contributed by atoms with Gasteiger partial charge in [-0.25, -0.2) is 0 Å². The number of carbonyl (C=O) groups excluding carboxylic acids is 1. The van der Waals surface area contributed by atoms with Gasteiger partial charge in [-0.2, -0.15) is 5.10 Å². The largest absolute Gasteiger partial charge is 0.497 e. The number of aromatic nitrogens is 2. The number of rotatable bonds is 4. The minimum absolute atomic E-state index is 0.156. The van der Waals surface area contributed by atoms with Crippen LogP contribution in [-0.2, 0) is 7.05 Å². The molecule has 0 aliphatic heterocycles. The highest BCUT2D eigenvalue weighted by Gasteiger charge is 2.17. The van der Waals surface area contributed by atoms with Crippen molar-refractivity contribution in [2.24, 2.45) is 7.05 Å². The monoisotopic (exact) mass is 288 g/mol. The van der Waals surface area contributed by atoms with Gasteiger partial charge in [-0.3, -0.25) is 9.48 Å². The van der Waals surface area contributed by atoms with Crippen molar-refractivity contribution in [3.05, 3.63) is 41.2 Å². The smallest absolute Gasteiger partial charge is 0.253 e. The fourth-order valence-electron chi connectivity index (χ4n) is 2.15. The summed E-state index contributed by atoms with van der Waals surface area (Å²) in [7, 11) is 3.42. The molecule has 1 atom stereocenters. The van der Waals surface area contributed by atoms with Crippen LogP contribution in [0.3, 0.4) is 0 Å². The zero-order chi connectivity index (χ0) is 15.6. The Morgan fingerprint density at radius 3 is 2.76 bits per heavy atom. The quantitative estimate of drug-likeness (QED) is 0.841. The summed E-state index contributed by atoms with van der Waals surface area (Å²) in [6, 6.07) is 4.86. The summed E-state index contributed by atoms with van der Waals surface area (Å²) in [6.07, 6.45) is 1.76. The summed E-state index contributed by atoms with van der Waals surface area (Å²) in [4.78, 5) is 12.4. The van der Waals surface area contributed by atoms with E-state index in [2.05, 4.69) is 10.4 Å². The predicted molar refractivity (Wildman–Crippen MR) is 81.2 cm³/mol. The van der Waals surface area contributed by atoms with E-state index >= 15 is 0 Å². The normalized spacial score (nSPS) is 12.0. The summed E-state index contributed by atoms with van der Waals surface area (Å²) in [5.41, 5.74) is 8.68. The zero-order valence-corrected chi connectivity index (χ0v) is 12.7. The van der Waals surface area contributed by atoms with Gasteiger partial charge in [0.25, 0.3) is 5.91 Å². The van der Waals surface area contributed by atoms with Gasteiger partial charge >= 0.3 is 0 Å². The highest BCUT2D eigenvalue weighted by molar-refractivity contribution is 5.99. The number of carbonyl (C=O) groups is 1. The molecule has 0 saturated heterocycles. The highest BCUT2D eigenvalue weighted by atomic mass is 16.5. The first-order valence-corrected chi connectivity index (χ1v) is 6.67. The SMILES string of the molecule is COc1ccc(N)c(C(=O)NC(C)c2cnn(C)c2C)c1. The number of nitrogens with zero attached hydrogens (tertiary/aromatic N) is 2. The van der Waals surface area contributed by atoms with Crippen LogP contribution in [0, 0.1) is 6.92 Å². The topological polar surface area (TPSA) is 82.2 Å². The van der Waals surface area contributed by atoms with E-state index in [4.69, 9.17) is 10.5 Å². The van der Waals surface area contributed by atoms with E-state index in [0.717, 1.165) is 11.3 Å². The molecule has 1 aromatic carbocycles. The minimum atomic E-state index is -0.234. The predicted octanol–water partition coefficient (Wildman–Crippen LogP) is 1.81. The molecule has 0 fully saturated rings. The number of anilines is 1. The Kier molecular flexibility index (Phi) is 4.16. The maximum absolute atomic E-state index is 12.4. The number of amides is 1. The van der Waals surface area contributed by atoms with Gasteiger partial charge in [0.2, 0.25) is 0 Å². The van der Waals surface area contributed by atoms with E-state index in [1.807, 2.05) is 20.9 Å². The number of ether oxygens (including phenoxy) is 1. The first-order chi connectivity index (χ1) is 9.93. The van der Waals surface area contributed by atoms with Crippen LogP contribution in [0.1, 0.15) is 34.6 Å². The maximum Gasteiger partial charge on any atom is 0.253 e. The van der Waals surface area contributed by atoms with Crippen LogP contribution < -0.4 is 15.8 Å². The van der Waals surface area contributed by atoms with E-state index in [1.165, 1.54) is 0 Å². The summed E-state index contributed by atoms with van der Waals surface area (Å²) in [5.74, 6) is 0.363. The summed E-state index contributed by atoms with van der Waals surface area (Å²) in [6.45, 7) is 3.88. The molecule has 6 nitrogen and oxygen atoms in total. The fraction of sp³-hybridized carbons (Fsp3) is 0.333. The van der Waals surface area contributed by atoms with Crippen LogP contribution in [0.15, 0.2) is 24.4 Å². The van der Waals surface area contributed by atoms with Gasteiger partial charge < -0.3 is 15.8 Å². The molecule has 21 heavy (non-hydrogen) atoms. The maximum atomic E-state index is 12.4. The van der Waals surface area contributed by atoms with E-state index in [0.29, 0.717) is 17.0 Å². The number of hydrogen-bond donors (Lipinski definition) is 2. The molecule has 1 amide bonds. The van der Waals surface area contributed by atoms with Crippen LogP contribution in [0.5, 0.6) is 5.75 Å². The first kappa shape index (κ1) is 14.9. The lowest BCUT2D eigenvalue weighted by Crippen LogP contribution is -2.27. The fourth-order valence-corrected chi connectivity index (χ4v) is 2.15. The van der Waals surface area contributed by atoms with Crippen molar-refractivity contribution < 1.29 is 9.53 Å². The number of aryl methyl sites for hydroxylation is 1. The van der Waals surface area contributed by atoms with Crippen molar-refractivity contribution >= 4 is 11.6 Å². The van der Waals surface area contributed by atoms with Gasteiger partial charge in [-0.15, -0.1) is 0 Å². The minimum Gasteiger partial charge on any atom is -0.497 e. The second-order valence-electron chi connectivity index (χ2n) is 4.96. The Labute approximate surface area is 123 Å². The molecule has 1 unspecified atom stereocenters. The van der Waals surface area contributed by atoms with Crippen molar-refractivity contribution in [1.29, 1.82) is 0 Å². The average Bonchev–Trinajstić information content (AvgIpc) is 2.79. The molecule has 2 aromatic rings. The van der Waals surface area contributed by atoms with Gasteiger partial charge in [0.15, 0.2) is 0 Å². The molecular formula is C15H20N4O2. The summed E-state index contributed by atoms with van der Waals surface area (Å²) >= 11 is 0. The van der Waals surface area contributed by atoms with Gasteiger partial charge in [-0.1, -0.05) is 0 Å².